The Kier molecular flexibility index (Phi) is 4.37. The van der Waals surface area contributed by atoms with Gasteiger partial charge in [0.1, 0.15) is 11.0 Å². The van der Waals surface area contributed by atoms with Gasteiger partial charge in [0.05, 0.1) is 18.3 Å². The van der Waals surface area contributed by atoms with E-state index in [9.17, 15) is 4.79 Å². The van der Waals surface area contributed by atoms with Gasteiger partial charge in [-0.05, 0) is 28.5 Å². The lowest BCUT2D eigenvalue weighted by Gasteiger charge is -2.11. The summed E-state index contributed by atoms with van der Waals surface area (Å²) < 4.78 is 1.75. The van der Waals surface area contributed by atoms with E-state index in [1.54, 1.807) is 35.3 Å². The van der Waals surface area contributed by atoms with Gasteiger partial charge in [0, 0.05) is 12.3 Å². The maximum atomic E-state index is 12.5. The molecule has 26 heavy (non-hydrogen) atoms. The molecule has 5 nitrogen and oxygen atoms in total. The average molecular weight is 363 g/mol. The van der Waals surface area contributed by atoms with Crippen molar-refractivity contribution in [2.45, 2.75) is 6.54 Å². The number of aromatic nitrogens is 3. The van der Waals surface area contributed by atoms with Crippen LogP contribution in [0.25, 0.3) is 10.8 Å². The molecule has 0 unspecified atom stereocenters. The first kappa shape index (κ1) is 16.3. The van der Waals surface area contributed by atoms with Crippen molar-refractivity contribution in [1.29, 1.82) is 0 Å². The van der Waals surface area contributed by atoms with Crippen LogP contribution in [0.3, 0.4) is 0 Å². The molecule has 0 aliphatic rings. The first-order chi connectivity index (χ1) is 12.7. The second kappa shape index (κ2) is 6.98. The second-order valence-corrected chi connectivity index (χ2v) is 6.17. The average Bonchev–Trinajstić information content (AvgIpc) is 3.09. The van der Waals surface area contributed by atoms with Gasteiger partial charge in [0.2, 0.25) is 0 Å². The summed E-state index contributed by atoms with van der Waals surface area (Å²) in [4.78, 5) is 16.4. The number of rotatable bonds is 4. The lowest BCUT2D eigenvalue weighted by atomic mass is 10.0. The Labute approximate surface area is 155 Å². The molecule has 1 N–H and O–H groups in total. The molecule has 4 rings (SSSR count). The smallest absolute Gasteiger partial charge is 0.259 e. The number of amides is 1. The van der Waals surface area contributed by atoms with Gasteiger partial charge in [-0.3, -0.25) is 4.79 Å². The van der Waals surface area contributed by atoms with E-state index in [-0.39, 0.29) is 11.1 Å². The van der Waals surface area contributed by atoms with Crippen LogP contribution in [0.15, 0.2) is 73.1 Å². The highest BCUT2D eigenvalue weighted by Gasteiger charge is 2.14. The van der Waals surface area contributed by atoms with Crippen molar-refractivity contribution in [1.82, 2.24) is 14.8 Å². The highest BCUT2D eigenvalue weighted by molar-refractivity contribution is 6.33. The molecule has 128 valence electrons. The molecule has 0 aliphatic carbocycles. The van der Waals surface area contributed by atoms with Gasteiger partial charge in [0.15, 0.2) is 0 Å². The molecule has 0 saturated heterocycles. The largest absolute Gasteiger partial charge is 0.307 e. The molecule has 0 aliphatic heterocycles. The van der Waals surface area contributed by atoms with Gasteiger partial charge in [0.25, 0.3) is 5.91 Å². The summed E-state index contributed by atoms with van der Waals surface area (Å²) in [6.45, 7) is 0.546. The molecule has 2 aromatic carbocycles. The Balaban J connectivity index is 1.61. The Morgan fingerprint density at radius 2 is 1.85 bits per heavy atom. The molecule has 0 bridgehead atoms. The molecule has 0 atom stereocenters. The summed E-state index contributed by atoms with van der Waals surface area (Å²) in [5.41, 5.74) is 1.45. The summed E-state index contributed by atoms with van der Waals surface area (Å²) in [5.74, 6) is 0.283. The number of fused-ring (bicyclic) bond motifs is 1. The van der Waals surface area contributed by atoms with Crippen LogP contribution in [-0.4, -0.2) is 20.7 Å². The first-order valence-electron chi connectivity index (χ1n) is 8.13. The first-order valence-corrected chi connectivity index (χ1v) is 8.50. The minimum Gasteiger partial charge on any atom is -0.307 e. The Bertz CT molecular complexity index is 1080. The van der Waals surface area contributed by atoms with Gasteiger partial charge in [-0.1, -0.05) is 54.1 Å². The van der Waals surface area contributed by atoms with E-state index in [2.05, 4.69) is 39.7 Å². The fourth-order valence-corrected chi connectivity index (χ4v) is 3.10. The molecule has 0 spiro atoms. The Hall–Kier alpha value is -3.18. The van der Waals surface area contributed by atoms with E-state index in [1.807, 2.05) is 18.2 Å². The van der Waals surface area contributed by atoms with Crippen LogP contribution in [0.2, 0.25) is 5.15 Å². The summed E-state index contributed by atoms with van der Waals surface area (Å²) in [6.07, 6.45) is 3.20. The van der Waals surface area contributed by atoms with Gasteiger partial charge in [-0.25, -0.2) is 9.67 Å². The number of nitrogens with zero attached hydrogens (tertiary/aromatic N) is 3. The highest BCUT2D eigenvalue weighted by atomic mass is 35.5. The van der Waals surface area contributed by atoms with Crippen LogP contribution in [-0.2, 0) is 6.54 Å². The minimum atomic E-state index is -0.317. The SMILES string of the molecule is O=C(Nc1ccnn1Cc1cccc2ccccc12)c1cccnc1Cl. The molecule has 6 heteroatoms. The molecule has 1 amide bonds. The zero-order valence-electron chi connectivity index (χ0n) is 13.8. The maximum Gasteiger partial charge on any atom is 0.259 e. The summed E-state index contributed by atoms with van der Waals surface area (Å²) in [7, 11) is 0. The third kappa shape index (κ3) is 3.17. The Morgan fingerprint density at radius 3 is 2.73 bits per heavy atom. The predicted octanol–water partition coefficient (Wildman–Crippen LogP) is 4.39. The predicted molar refractivity (Wildman–Crippen MR) is 102 cm³/mol. The molecule has 4 aromatic rings. The van der Waals surface area contributed by atoms with Gasteiger partial charge < -0.3 is 5.32 Å². The Morgan fingerprint density at radius 1 is 1.00 bits per heavy atom. The van der Waals surface area contributed by atoms with Crippen LogP contribution in [0, 0.1) is 0 Å². The van der Waals surface area contributed by atoms with Crippen molar-refractivity contribution < 1.29 is 4.79 Å². The van der Waals surface area contributed by atoms with E-state index < -0.39 is 0 Å². The number of carbonyl (C=O) groups excluding carboxylic acids is 1. The number of halogens is 1. The summed E-state index contributed by atoms with van der Waals surface area (Å²) in [6, 6.07) is 19.4. The number of nitrogens with one attached hydrogen (secondary N) is 1. The normalized spacial score (nSPS) is 10.8. The molecule has 0 fully saturated rings. The zero-order valence-corrected chi connectivity index (χ0v) is 14.5. The molecular formula is C20H15ClN4O. The van der Waals surface area contributed by atoms with E-state index in [0.717, 1.165) is 10.9 Å². The van der Waals surface area contributed by atoms with Crippen molar-refractivity contribution in [3.8, 4) is 0 Å². The summed E-state index contributed by atoms with van der Waals surface area (Å²) >= 11 is 6.00. The van der Waals surface area contributed by atoms with E-state index in [0.29, 0.717) is 17.9 Å². The van der Waals surface area contributed by atoms with Crippen LogP contribution >= 0.6 is 11.6 Å². The standard InChI is InChI=1S/C20H15ClN4O/c21-19-17(9-4-11-22-19)20(26)24-18-10-12-23-25(18)13-15-7-3-6-14-5-1-2-8-16(14)15/h1-12H,13H2,(H,24,26). The number of pyridine rings is 1. The van der Waals surface area contributed by atoms with Crippen LogP contribution in [0.4, 0.5) is 5.82 Å². The molecule has 2 aromatic heterocycles. The number of anilines is 1. The lowest BCUT2D eigenvalue weighted by Crippen LogP contribution is -2.17. The van der Waals surface area contributed by atoms with Crippen molar-refractivity contribution >= 4 is 34.1 Å². The zero-order chi connectivity index (χ0) is 17.9. The quantitative estimate of drug-likeness (QED) is 0.548. The monoisotopic (exact) mass is 362 g/mol. The van der Waals surface area contributed by atoms with Gasteiger partial charge in [-0.2, -0.15) is 5.10 Å². The van der Waals surface area contributed by atoms with Crippen molar-refractivity contribution in [2.75, 3.05) is 5.32 Å². The highest BCUT2D eigenvalue weighted by Crippen LogP contribution is 2.21. The molecule has 0 saturated carbocycles. The topological polar surface area (TPSA) is 59.8 Å². The maximum absolute atomic E-state index is 12.5. The number of carbonyl (C=O) groups is 1. The van der Waals surface area contributed by atoms with E-state index >= 15 is 0 Å². The van der Waals surface area contributed by atoms with Gasteiger partial charge in [-0.15, -0.1) is 0 Å². The van der Waals surface area contributed by atoms with Crippen LogP contribution in [0.5, 0.6) is 0 Å². The number of hydrogen-bond donors (Lipinski definition) is 1. The third-order valence-electron chi connectivity index (χ3n) is 4.16. The fourth-order valence-electron chi connectivity index (χ4n) is 2.90. The van der Waals surface area contributed by atoms with Crippen LogP contribution in [0.1, 0.15) is 15.9 Å². The molecular weight excluding hydrogens is 348 g/mol. The molecule has 2 heterocycles. The van der Waals surface area contributed by atoms with E-state index in [4.69, 9.17) is 11.6 Å². The van der Waals surface area contributed by atoms with Crippen molar-refractivity contribution in [3.05, 3.63) is 89.3 Å². The third-order valence-corrected chi connectivity index (χ3v) is 4.46. The van der Waals surface area contributed by atoms with Crippen LogP contribution < -0.4 is 5.32 Å². The van der Waals surface area contributed by atoms with E-state index in [1.165, 1.54) is 5.39 Å². The van der Waals surface area contributed by atoms with Crippen molar-refractivity contribution in [3.63, 3.8) is 0 Å². The minimum absolute atomic E-state index is 0.171. The summed E-state index contributed by atoms with van der Waals surface area (Å²) in [5, 5.41) is 9.70. The fraction of sp³-hybridized carbons (Fsp3) is 0.0500. The second-order valence-electron chi connectivity index (χ2n) is 5.81. The molecule has 0 radical (unpaired) electrons. The number of hydrogen-bond acceptors (Lipinski definition) is 3. The number of benzene rings is 2. The lowest BCUT2D eigenvalue weighted by molar-refractivity contribution is 0.102. The van der Waals surface area contributed by atoms with Crippen molar-refractivity contribution in [2.24, 2.45) is 0 Å². The van der Waals surface area contributed by atoms with Gasteiger partial charge >= 0.3 is 0 Å².